The molecule has 1 aromatic carbocycles. The second-order valence-corrected chi connectivity index (χ2v) is 5.52. The molecular weight excluding hydrogens is 281 g/mol. The topological polar surface area (TPSA) is 0 Å². The van der Waals surface area contributed by atoms with Crippen molar-refractivity contribution in [1.29, 1.82) is 0 Å². The molecule has 0 saturated heterocycles. The number of benzene rings is 1. The van der Waals surface area contributed by atoms with Crippen molar-refractivity contribution < 1.29 is 13.2 Å². The van der Waals surface area contributed by atoms with Gasteiger partial charge in [0.15, 0.2) is 0 Å². The van der Waals surface area contributed by atoms with E-state index < -0.39 is 11.7 Å². The van der Waals surface area contributed by atoms with Gasteiger partial charge < -0.3 is 0 Å². The summed E-state index contributed by atoms with van der Waals surface area (Å²) in [4.78, 5) is 0.683. The maximum Gasteiger partial charge on any atom is 0.416 e. The lowest BCUT2D eigenvalue weighted by Crippen LogP contribution is -2.04. The molecule has 0 radical (unpaired) electrons. The third-order valence-electron chi connectivity index (χ3n) is 2.46. The Morgan fingerprint density at radius 1 is 1.06 bits per heavy atom. The van der Waals surface area contributed by atoms with E-state index in [2.05, 4.69) is 0 Å². The molecule has 0 atom stereocenters. The molecule has 0 aliphatic rings. The molecule has 0 aromatic heterocycles. The standard InChI is InChI=1S/C13H16ClF3S/c14-8-3-1-2-4-9-18-12-7-5-6-11(10-12)13(15,16)17/h5-7,10H,1-4,8-9H2. The summed E-state index contributed by atoms with van der Waals surface area (Å²) >= 11 is 7.03. The van der Waals surface area contributed by atoms with Crippen molar-refractivity contribution >= 4 is 23.4 Å². The fourth-order valence-corrected chi connectivity index (χ4v) is 2.66. The molecule has 0 aliphatic heterocycles. The molecule has 1 rings (SSSR count). The fraction of sp³-hybridized carbons (Fsp3) is 0.538. The predicted molar refractivity (Wildman–Crippen MR) is 71.4 cm³/mol. The first-order valence-electron chi connectivity index (χ1n) is 5.90. The Morgan fingerprint density at radius 2 is 1.78 bits per heavy atom. The molecule has 0 amide bonds. The van der Waals surface area contributed by atoms with Crippen LogP contribution >= 0.6 is 23.4 Å². The van der Waals surface area contributed by atoms with Crippen LogP contribution in [0.2, 0.25) is 0 Å². The Labute approximate surface area is 115 Å². The van der Waals surface area contributed by atoms with Crippen molar-refractivity contribution in [1.82, 2.24) is 0 Å². The van der Waals surface area contributed by atoms with Gasteiger partial charge in [0, 0.05) is 10.8 Å². The van der Waals surface area contributed by atoms with Crippen LogP contribution < -0.4 is 0 Å². The van der Waals surface area contributed by atoms with E-state index in [0.717, 1.165) is 37.5 Å². The Bertz CT molecular complexity index is 352. The van der Waals surface area contributed by atoms with Gasteiger partial charge in [-0.25, -0.2) is 0 Å². The first-order chi connectivity index (χ1) is 8.54. The largest absolute Gasteiger partial charge is 0.416 e. The molecule has 0 heterocycles. The van der Waals surface area contributed by atoms with Gasteiger partial charge in [0.2, 0.25) is 0 Å². The van der Waals surface area contributed by atoms with Crippen molar-refractivity contribution in [3.63, 3.8) is 0 Å². The zero-order chi connectivity index (χ0) is 13.4. The summed E-state index contributed by atoms with van der Waals surface area (Å²) in [5.41, 5.74) is -0.574. The number of rotatable bonds is 7. The summed E-state index contributed by atoms with van der Waals surface area (Å²) in [6.07, 6.45) is -0.0597. The summed E-state index contributed by atoms with van der Waals surface area (Å²) in [5.74, 6) is 1.53. The lowest BCUT2D eigenvalue weighted by atomic mass is 10.2. The van der Waals surface area contributed by atoms with E-state index in [9.17, 15) is 13.2 Å². The van der Waals surface area contributed by atoms with Crippen LogP contribution in [0.4, 0.5) is 13.2 Å². The van der Waals surface area contributed by atoms with Gasteiger partial charge in [-0.3, -0.25) is 0 Å². The zero-order valence-corrected chi connectivity index (χ0v) is 11.5. The van der Waals surface area contributed by atoms with Gasteiger partial charge in [0.1, 0.15) is 0 Å². The van der Waals surface area contributed by atoms with Gasteiger partial charge in [-0.1, -0.05) is 18.9 Å². The van der Waals surface area contributed by atoms with Gasteiger partial charge >= 0.3 is 6.18 Å². The van der Waals surface area contributed by atoms with Crippen molar-refractivity contribution in [2.75, 3.05) is 11.6 Å². The van der Waals surface area contributed by atoms with Gasteiger partial charge in [-0.2, -0.15) is 13.2 Å². The molecule has 0 bridgehead atoms. The van der Waals surface area contributed by atoms with Crippen LogP contribution in [0.3, 0.4) is 0 Å². The van der Waals surface area contributed by atoms with Crippen LogP contribution in [0, 0.1) is 0 Å². The van der Waals surface area contributed by atoms with Crippen molar-refractivity contribution in [2.45, 2.75) is 36.8 Å². The third-order valence-corrected chi connectivity index (χ3v) is 3.81. The lowest BCUT2D eigenvalue weighted by Gasteiger charge is -2.08. The van der Waals surface area contributed by atoms with Crippen molar-refractivity contribution in [3.05, 3.63) is 29.8 Å². The van der Waals surface area contributed by atoms with Crippen LogP contribution in [0.1, 0.15) is 31.2 Å². The molecule has 5 heteroatoms. The molecule has 18 heavy (non-hydrogen) atoms. The second-order valence-electron chi connectivity index (χ2n) is 3.98. The molecule has 0 spiro atoms. The summed E-state index contributed by atoms with van der Waals surface area (Å²) in [5, 5.41) is 0. The SMILES string of the molecule is FC(F)(F)c1cccc(SCCCCCCCl)c1. The number of unbranched alkanes of at least 4 members (excludes halogenated alkanes) is 3. The normalized spacial score (nSPS) is 11.8. The monoisotopic (exact) mass is 296 g/mol. The summed E-state index contributed by atoms with van der Waals surface area (Å²) in [6, 6.07) is 5.49. The van der Waals surface area contributed by atoms with E-state index in [1.165, 1.54) is 23.9 Å². The average molecular weight is 297 g/mol. The molecule has 0 unspecified atom stereocenters. The maximum absolute atomic E-state index is 12.5. The fourth-order valence-electron chi connectivity index (χ4n) is 1.50. The van der Waals surface area contributed by atoms with Crippen LogP contribution in [0.25, 0.3) is 0 Å². The second kappa shape index (κ2) is 7.95. The Morgan fingerprint density at radius 3 is 2.44 bits per heavy atom. The minimum absolute atomic E-state index is 0.574. The molecule has 1 aromatic rings. The van der Waals surface area contributed by atoms with Crippen LogP contribution in [-0.2, 0) is 6.18 Å². The number of halogens is 4. The molecule has 0 fully saturated rings. The predicted octanol–water partition coefficient (Wildman–Crippen LogP) is 5.60. The van der Waals surface area contributed by atoms with Gasteiger partial charge in [0.25, 0.3) is 0 Å². The highest BCUT2D eigenvalue weighted by Crippen LogP contribution is 2.32. The molecule has 102 valence electrons. The van der Waals surface area contributed by atoms with E-state index >= 15 is 0 Å². The first-order valence-corrected chi connectivity index (χ1v) is 7.42. The third kappa shape index (κ3) is 6.01. The highest BCUT2D eigenvalue weighted by atomic mass is 35.5. The van der Waals surface area contributed by atoms with Gasteiger partial charge in [0.05, 0.1) is 5.56 Å². The highest BCUT2D eigenvalue weighted by molar-refractivity contribution is 7.99. The van der Waals surface area contributed by atoms with Crippen molar-refractivity contribution in [2.24, 2.45) is 0 Å². The molecule has 0 nitrogen and oxygen atoms in total. The minimum atomic E-state index is -4.25. The van der Waals surface area contributed by atoms with Crippen LogP contribution in [-0.4, -0.2) is 11.6 Å². The minimum Gasteiger partial charge on any atom is -0.166 e. The molecule has 0 aliphatic carbocycles. The quantitative estimate of drug-likeness (QED) is 0.359. The number of hydrogen-bond donors (Lipinski definition) is 0. The van der Waals surface area contributed by atoms with E-state index in [1.807, 2.05) is 0 Å². The van der Waals surface area contributed by atoms with E-state index in [-0.39, 0.29) is 0 Å². The zero-order valence-electron chi connectivity index (χ0n) is 9.97. The average Bonchev–Trinajstić information content (AvgIpc) is 2.33. The van der Waals surface area contributed by atoms with Crippen LogP contribution in [0.5, 0.6) is 0 Å². The lowest BCUT2D eigenvalue weighted by molar-refractivity contribution is -0.137. The van der Waals surface area contributed by atoms with Gasteiger partial charge in [-0.05, 0) is 36.8 Å². The Balaban J connectivity index is 2.34. The van der Waals surface area contributed by atoms with E-state index in [4.69, 9.17) is 11.6 Å². The Hall–Kier alpha value is -0.350. The van der Waals surface area contributed by atoms with E-state index in [1.54, 1.807) is 6.07 Å². The van der Waals surface area contributed by atoms with E-state index in [0.29, 0.717) is 10.8 Å². The Kier molecular flexibility index (Phi) is 6.94. The molecule has 0 N–H and O–H groups in total. The van der Waals surface area contributed by atoms with Crippen LogP contribution in [0.15, 0.2) is 29.2 Å². The molecular formula is C13H16ClF3S. The summed E-state index contributed by atoms with van der Waals surface area (Å²) in [6.45, 7) is 0. The highest BCUT2D eigenvalue weighted by Gasteiger charge is 2.30. The molecule has 0 saturated carbocycles. The number of hydrogen-bond acceptors (Lipinski definition) is 1. The first kappa shape index (κ1) is 15.7. The van der Waals surface area contributed by atoms with Gasteiger partial charge in [-0.15, -0.1) is 23.4 Å². The summed E-state index contributed by atoms with van der Waals surface area (Å²) in [7, 11) is 0. The smallest absolute Gasteiger partial charge is 0.166 e. The van der Waals surface area contributed by atoms with Crippen molar-refractivity contribution in [3.8, 4) is 0 Å². The maximum atomic E-state index is 12.5. The summed E-state index contributed by atoms with van der Waals surface area (Å²) < 4.78 is 37.4. The number of alkyl halides is 4. The number of thioether (sulfide) groups is 1.